The highest BCUT2D eigenvalue weighted by atomic mass is 16.6. The van der Waals surface area contributed by atoms with Crippen LogP contribution in [0, 0.1) is 5.92 Å². The number of cyclic esters (lactones) is 1. The van der Waals surface area contributed by atoms with Gasteiger partial charge in [-0.15, -0.1) is 0 Å². The van der Waals surface area contributed by atoms with E-state index in [4.69, 9.17) is 18.9 Å². The lowest BCUT2D eigenvalue weighted by molar-refractivity contribution is -0.137. The minimum atomic E-state index is -0.851. The van der Waals surface area contributed by atoms with Gasteiger partial charge in [0.1, 0.15) is 18.7 Å². The molecule has 0 unspecified atom stereocenters. The molecule has 0 spiro atoms. The van der Waals surface area contributed by atoms with Gasteiger partial charge in [-0.05, 0) is 30.7 Å². The Labute approximate surface area is 218 Å². The fourth-order valence-electron chi connectivity index (χ4n) is 5.99. The molecular formula is C27H27N5O6. The van der Waals surface area contributed by atoms with Crippen LogP contribution < -0.4 is 24.0 Å². The molecule has 0 N–H and O–H groups in total. The lowest BCUT2D eigenvalue weighted by Crippen LogP contribution is -2.42. The maximum atomic E-state index is 13.5. The quantitative estimate of drug-likeness (QED) is 0.516. The summed E-state index contributed by atoms with van der Waals surface area (Å²) < 4.78 is 22.1. The Kier molecular flexibility index (Phi) is 5.38. The number of carbonyl (C=O) groups is 2. The number of hydrogen-bond donors (Lipinski definition) is 0. The number of benzene rings is 1. The Morgan fingerprint density at radius 1 is 1.05 bits per heavy atom. The van der Waals surface area contributed by atoms with E-state index in [1.165, 1.54) is 4.90 Å². The van der Waals surface area contributed by atoms with Crippen molar-refractivity contribution in [3.63, 3.8) is 0 Å². The number of rotatable bonds is 4. The highest BCUT2D eigenvalue weighted by molar-refractivity contribution is 5.96. The number of likely N-dealkylation sites (tertiary alicyclic amines) is 1. The Morgan fingerprint density at radius 2 is 1.92 bits per heavy atom. The van der Waals surface area contributed by atoms with Gasteiger partial charge >= 0.3 is 6.09 Å². The van der Waals surface area contributed by atoms with Gasteiger partial charge in [-0.2, -0.15) is 0 Å². The van der Waals surface area contributed by atoms with E-state index < -0.39 is 12.2 Å². The average Bonchev–Trinajstić information content (AvgIpc) is 3.66. The number of anilines is 2. The molecule has 0 radical (unpaired) electrons. The Balaban J connectivity index is 1.07. The standard InChI is InChI=1S/C27H27N5O6/c1-35-24-5-3-18-25(29-24)19(6-8-28-18)31-9-7-16-13-30(14-20(16)31)26(33)23-15-32(27(34)38-23)17-2-4-21-22(12-17)37-11-10-36-21/h2-6,8,12,16,20,23H,7,9-11,13-15H2,1H3/t16-,20+,23+/m1/s1. The third-order valence-corrected chi connectivity index (χ3v) is 7.84. The summed E-state index contributed by atoms with van der Waals surface area (Å²) in [6, 6.07) is 11.2. The molecule has 4 aliphatic heterocycles. The van der Waals surface area contributed by atoms with Crippen molar-refractivity contribution in [1.29, 1.82) is 0 Å². The third-order valence-electron chi connectivity index (χ3n) is 7.84. The summed E-state index contributed by atoms with van der Waals surface area (Å²) in [5, 5.41) is 0. The second-order valence-corrected chi connectivity index (χ2v) is 9.92. The van der Waals surface area contributed by atoms with Gasteiger partial charge in [0.05, 0.1) is 36.6 Å². The molecule has 11 heteroatoms. The van der Waals surface area contributed by atoms with Crippen LogP contribution in [-0.4, -0.2) is 85.5 Å². The van der Waals surface area contributed by atoms with E-state index in [1.54, 1.807) is 37.6 Å². The monoisotopic (exact) mass is 517 g/mol. The first-order valence-corrected chi connectivity index (χ1v) is 12.8. The van der Waals surface area contributed by atoms with Crippen LogP contribution in [0.4, 0.5) is 16.2 Å². The van der Waals surface area contributed by atoms with Gasteiger partial charge in [0, 0.05) is 43.9 Å². The molecule has 3 saturated heterocycles. The predicted molar refractivity (Wildman–Crippen MR) is 137 cm³/mol. The fourth-order valence-corrected chi connectivity index (χ4v) is 5.99. The highest BCUT2D eigenvalue weighted by Crippen LogP contribution is 2.39. The SMILES string of the molecule is COc1ccc2nccc(N3CC[C@@H]4CN(C(=O)[C@@H]5CN(c6ccc7c(c6)OCCO7)C(=O)O5)C[C@@H]43)c2n1. The number of fused-ring (bicyclic) bond motifs is 3. The van der Waals surface area contributed by atoms with Crippen LogP contribution in [0.5, 0.6) is 17.4 Å². The number of carbonyl (C=O) groups excluding carboxylic acids is 2. The molecule has 0 bridgehead atoms. The van der Waals surface area contributed by atoms with Crippen molar-refractivity contribution >= 4 is 34.4 Å². The molecule has 7 rings (SSSR count). The van der Waals surface area contributed by atoms with E-state index in [0.717, 1.165) is 29.7 Å². The normalized spacial score (nSPS) is 24.1. The van der Waals surface area contributed by atoms with Crippen molar-refractivity contribution in [2.24, 2.45) is 5.92 Å². The van der Waals surface area contributed by atoms with Crippen LogP contribution >= 0.6 is 0 Å². The molecule has 0 aliphatic carbocycles. The predicted octanol–water partition coefficient (Wildman–Crippen LogP) is 2.47. The Hall–Kier alpha value is -4.28. The van der Waals surface area contributed by atoms with Crippen molar-refractivity contribution in [2.45, 2.75) is 18.6 Å². The van der Waals surface area contributed by atoms with Crippen molar-refractivity contribution in [2.75, 3.05) is 56.3 Å². The molecule has 2 aromatic heterocycles. The van der Waals surface area contributed by atoms with Crippen LogP contribution in [-0.2, 0) is 9.53 Å². The Morgan fingerprint density at radius 3 is 2.79 bits per heavy atom. The largest absolute Gasteiger partial charge is 0.486 e. The smallest absolute Gasteiger partial charge is 0.415 e. The van der Waals surface area contributed by atoms with Crippen molar-refractivity contribution in [3.05, 3.63) is 42.6 Å². The van der Waals surface area contributed by atoms with Crippen molar-refractivity contribution < 1.29 is 28.5 Å². The molecule has 0 saturated carbocycles. The summed E-state index contributed by atoms with van der Waals surface area (Å²) >= 11 is 0. The molecule has 4 aliphatic rings. The molecule has 196 valence electrons. The third kappa shape index (κ3) is 3.72. The second-order valence-electron chi connectivity index (χ2n) is 9.92. The molecule has 6 heterocycles. The molecule has 38 heavy (non-hydrogen) atoms. The van der Waals surface area contributed by atoms with Gasteiger partial charge in [-0.3, -0.25) is 14.7 Å². The van der Waals surface area contributed by atoms with Gasteiger partial charge in [-0.25, -0.2) is 9.78 Å². The van der Waals surface area contributed by atoms with Gasteiger partial charge in [-0.1, -0.05) is 0 Å². The first-order valence-electron chi connectivity index (χ1n) is 12.8. The van der Waals surface area contributed by atoms with Gasteiger partial charge in [0.2, 0.25) is 5.88 Å². The van der Waals surface area contributed by atoms with E-state index in [-0.39, 0.29) is 18.5 Å². The minimum absolute atomic E-state index is 0.156. The molecule has 11 nitrogen and oxygen atoms in total. The zero-order valence-corrected chi connectivity index (χ0v) is 20.9. The second kappa shape index (κ2) is 8.93. The maximum absolute atomic E-state index is 13.5. The van der Waals surface area contributed by atoms with Crippen molar-refractivity contribution in [1.82, 2.24) is 14.9 Å². The first kappa shape index (κ1) is 22.9. The van der Waals surface area contributed by atoms with Gasteiger partial charge < -0.3 is 28.7 Å². The van der Waals surface area contributed by atoms with Crippen LogP contribution in [0.3, 0.4) is 0 Å². The average molecular weight is 518 g/mol. The molecule has 3 fully saturated rings. The van der Waals surface area contributed by atoms with Gasteiger partial charge in [0.25, 0.3) is 5.91 Å². The van der Waals surface area contributed by atoms with Crippen LogP contribution in [0.2, 0.25) is 0 Å². The summed E-state index contributed by atoms with van der Waals surface area (Å²) in [7, 11) is 1.60. The van der Waals surface area contributed by atoms with E-state index in [1.807, 2.05) is 17.0 Å². The van der Waals surface area contributed by atoms with Crippen LogP contribution in [0.1, 0.15) is 6.42 Å². The Bertz CT molecular complexity index is 1430. The lowest BCUT2D eigenvalue weighted by atomic mass is 10.0. The number of nitrogens with zero attached hydrogens (tertiary/aromatic N) is 5. The summed E-state index contributed by atoms with van der Waals surface area (Å²) in [5.74, 6) is 1.94. The van der Waals surface area contributed by atoms with E-state index in [9.17, 15) is 9.59 Å². The number of pyridine rings is 2. The first-order chi connectivity index (χ1) is 18.6. The van der Waals surface area contributed by atoms with Crippen LogP contribution in [0.15, 0.2) is 42.6 Å². The van der Waals surface area contributed by atoms with Gasteiger partial charge in [0.15, 0.2) is 17.6 Å². The van der Waals surface area contributed by atoms with E-state index in [2.05, 4.69) is 14.9 Å². The molecule has 3 aromatic rings. The minimum Gasteiger partial charge on any atom is -0.486 e. The van der Waals surface area contributed by atoms with Crippen LogP contribution in [0.25, 0.3) is 11.0 Å². The number of hydrogen-bond acceptors (Lipinski definition) is 9. The summed E-state index contributed by atoms with van der Waals surface area (Å²) in [5.41, 5.74) is 3.20. The molecule has 3 atom stereocenters. The van der Waals surface area contributed by atoms with Crippen molar-refractivity contribution in [3.8, 4) is 17.4 Å². The highest BCUT2D eigenvalue weighted by Gasteiger charge is 2.47. The molecule has 2 amide bonds. The van der Waals surface area contributed by atoms with E-state index >= 15 is 0 Å². The molecular weight excluding hydrogens is 490 g/mol. The summed E-state index contributed by atoms with van der Waals surface area (Å²) in [6.07, 6.45) is 1.37. The number of amides is 2. The summed E-state index contributed by atoms with van der Waals surface area (Å²) in [6.45, 7) is 3.19. The number of ether oxygens (including phenoxy) is 4. The number of methoxy groups -OCH3 is 1. The zero-order chi connectivity index (χ0) is 25.8. The topological polar surface area (TPSA) is 107 Å². The van der Waals surface area contributed by atoms with E-state index in [0.29, 0.717) is 55.3 Å². The number of aromatic nitrogens is 2. The maximum Gasteiger partial charge on any atom is 0.415 e. The lowest BCUT2D eigenvalue weighted by Gasteiger charge is -2.28. The summed E-state index contributed by atoms with van der Waals surface area (Å²) in [4.78, 5) is 41.0. The fraction of sp³-hybridized carbons (Fsp3) is 0.407. The zero-order valence-electron chi connectivity index (χ0n) is 20.9. The molecule has 1 aromatic carbocycles.